The Bertz CT molecular complexity index is 842. The van der Waals surface area contributed by atoms with Gasteiger partial charge >= 0.3 is 0 Å². The number of rotatable bonds is 4. The summed E-state index contributed by atoms with van der Waals surface area (Å²) in [5.74, 6) is -1.44. The van der Waals surface area contributed by atoms with Crippen LogP contribution in [0.1, 0.15) is 11.1 Å². The molecule has 122 valence electrons. The van der Waals surface area contributed by atoms with Gasteiger partial charge in [0.25, 0.3) is 11.8 Å². The van der Waals surface area contributed by atoms with Gasteiger partial charge in [0, 0.05) is 10.6 Å². The van der Waals surface area contributed by atoms with Crippen molar-refractivity contribution < 1.29 is 19.4 Å². The van der Waals surface area contributed by atoms with Crippen LogP contribution in [0, 0.1) is 0 Å². The van der Waals surface area contributed by atoms with Gasteiger partial charge < -0.3 is 9.84 Å². The molecule has 1 heterocycles. The van der Waals surface area contributed by atoms with Crippen molar-refractivity contribution in [2.75, 3.05) is 7.11 Å². The number of hydrogen-bond acceptors (Lipinski definition) is 4. The summed E-state index contributed by atoms with van der Waals surface area (Å²) in [5.41, 5.74) is 1.07. The van der Waals surface area contributed by atoms with Crippen LogP contribution in [0.3, 0.4) is 0 Å². The summed E-state index contributed by atoms with van der Waals surface area (Å²) in [6, 6.07) is 13.5. The van der Waals surface area contributed by atoms with E-state index in [9.17, 15) is 14.7 Å². The van der Waals surface area contributed by atoms with Crippen molar-refractivity contribution >= 4 is 29.0 Å². The maximum atomic E-state index is 12.7. The number of hydrogen-bond donors (Lipinski definition) is 1. The highest BCUT2D eigenvalue weighted by molar-refractivity contribution is 6.35. The van der Waals surface area contributed by atoms with E-state index in [2.05, 4.69) is 0 Å². The van der Waals surface area contributed by atoms with Crippen LogP contribution in [-0.2, 0) is 16.1 Å². The van der Waals surface area contributed by atoms with E-state index in [0.29, 0.717) is 16.3 Å². The van der Waals surface area contributed by atoms with E-state index in [-0.39, 0.29) is 12.1 Å². The topological polar surface area (TPSA) is 66.8 Å². The van der Waals surface area contributed by atoms with E-state index in [1.54, 1.807) is 48.5 Å². The highest BCUT2D eigenvalue weighted by atomic mass is 35.5. The third-order valence-electron chi connectivity index (χ3n) is 3.77. The Morgan fingerprint density at radius 1 is 1.04 bits per heavy atom. The standard InChI is InChI=1S/C18H14ClNO4/c1-24-14-5-3-2-4-13(14)15-16(21)18(23)20(17(15)22)10-11-6-8-12(19)9-7-11/h2-9,21H,10H2,1H3. The summed E-state index contributed by atoms with van der Waals surface area (Å²) in [7, 11) is 1.46. The van der Waals surface area contributed by atoms with E-state index in [4.69, 9.17) is 16.3 Å². The Kier molecular flexibility index (Phi) is 4.27. The molecule has 0 fully saturated rings. The van der Waals surface area contributed by atoms with Crippen molar-refractivity contribution in [3.8, 4) is 5.75 Å². The quantitative estimate of drug-likeness (QED) is 0.866. The molecule has 2 aromatic carbocycles. The van der Waals surface area contributed by atoms with Crippen molar-refractivity contribution in [2.45, 2.75) is 6.54 Å². The van der Waals surface area contributed by atoms with Crippen LogP contribution in [0.2, 0.25) is 5.02 Å². The third kappa shape index (κ3) is 2.74. The van der Waals surface area contributed by atoms with Gasteiger partial charge in [0.05, 0.1) is 19.2 Å². The van der Waals surface area contributed by atoms with Gasteiger partial charge in [-0.1, -0.05) is 41.9 Å². The van der Waals surface area contributed by atoms with Crippen molar-refractivity contribution in [3.63, 3.8) is 0 Å². The highest BCUT2D eigenvalue weighted by Crippen LogP contribution is 2.34. The van der Waals surface area contributed by atoms with Crippen LogP contribution < -0.4 is 4.74 Å². The number of aliphatic hydroxyl groups is 1. The van der Waals surface area contributed by atoms with Crippen molar-refractivity contribution in [1.82, 2.24) is 4.90 Å². The second-order valence-corrected chi connectivity index (χ2v) is 5.68. The fraction of sp³-hybridized carbons (Fsp3) is 0.111. The number of ether oxygens (including phenoxy) is 1. The Hall–Kier alpha value is -2.79. The first-order valence-electron chi connectivity index (χ1n) is 7.20. The Morgan fingerprint density at radius 3 is 2.38 bits per heavy atom. The number of carbonyl (C=O) groups is 2. The molecule has 3 rings (SSSR count). The third-order valence-corrected chi connectivity index (χ3v) is 4.03. The Morgan fingerprint density at radius 2 is 1.71 bits per heavy atom. The van der Waals surface area contributed by atoms with Gasteiger partial charge in [-0.2, -0.15) is 0 Å². The number of halogens is 1. The van der Waals surface area contributed by atoms with Gasteiger partial charge in [0.2, 0.25) is 0 Å². The number of carbonyl (C=O) groups excluding carboxylic acids is 2. The summed E-state index contributed by atoms with van der Waals surface area (Å²) in [6.45, 7) is 0.0531. The number of aliphatic hydroxyl groups excluding tert-OH is 1. The average Bonchev–Trinajstić information content (AvgIpc) is 2.80. The number of imide groups is 1. The molecule has 0 radical (unpaired) electrons. The molecule has 0 bridgehead atoms. The number of nitrogens with zero attached hydrogens (tertiary/aromatic N) is 1. The second-order valence-electron chi connectivity index (χ2n) is 5.25. The lowest BCUT2D eigenvalue weighted by atomic mass is 10.0. The molecular formula is C18H14ClNO4. The fourth-order valence-corrected chi connectivity index (χ4v) is 2.70. The largest absolute Gasteiger partial charge is 0.502 e. The molecule has 1 N–H and O–H groups in total. The number of benzene rings is 2. The van der Waals surface area contributed by atoms with Crippen molar-refractivity contribution in [2.24, 2.45) is 0 Å². The summed E-state index contributed by atoms with van der Waals surface area (Å²) < 4.78 is 5.21. The predicted octanol–water partition coefficient (Wildman–Crippen LogP) is 3.19. The normalized spacial score (nSPS) is 14.5. The first-order chi connectivity index (χ1) is 11.5. The lowest BCUT2D eigenvalue weighted by Gasteiger charge is -2.15. The smallest absolute Gasteiger partial charge is 0.296 e. The van der Waals surface area contributed by atoms with Gasteiger partial charge in [0.15, 0.2) is 5.76 Å². The summed E-state index contributed by atoms with van der Waals surface area (Å²) in [6.07, 6.45) is 0. The minimum atomic E-state index is -0.726. The van der Waals surface area contributed by atoms with Crippen LogP contribution in [0.25, 0.3) is 5.57 Å². The maximum absolute atomic E-state index is 12.7. The van der Waals surface area contributed by atoms with E-state index in [0.717, 1.165) is 10.5 Å². The van der Waals surface area contributed by atoms with Gasteiger partial charge in [-0.15, -0.1) is 0 Å². The Labute approximate surface area is 143 Å². The molecule has 1 aliphatic rings. The lowest BCUT2D eigenvalue weighted by Crippen LogP contribution is -2.31. The maximum Gasteiger partial charge on any atom is 0.296 e. The number of amides is 2. The zero-order valence-electron chi connectivity index (χ0n) is 12.8. The zero-order valence-corrected chi connectivity index (χ0v) is 13.6. The van der Waals surface area contributed by atoms with Gasteiger partial charge in [0.1, 0.15) is 5.75 Å². The molecule has 0 aromatic heterocycles. The average molecular weight is 344 g/mol. The zero-order chi connectivity index (χ0) is 17.3. The summed E-state index contributed by atoms with van der Waals surface area (Å²) in [4.78, 5) is 26.0. The molecular weight excluding hydrogens is 330 g/mol. The molecule has 0 atom stereocenters. The van der Waals surface area contributed by atoms with E-state index >= 15 is 0 Å². The van der Waals surface area contributed by atoms with Crippen LogP contribution in [0.4, 0.5) is 0 Å². The molecule has 2 aromatic rings. The molecule has 2 amide bonds. The SMILES string of the molecule is COc1ccccc1C1=C(O)C(=O)N(Cc2ccc(Cl)cc2)C1=O. The van der Waals surface area contributed by atoms with Gasteiger partial charge in [-0.25, -0.2) is 0 Å². The van der Waals surface area contributed by atoms with Crippen LogP contribution in [-0.4, -0.2) is 28.9 Å². The lowest BCUT2D eigenvalue weighted by molar-refractivity contribution is -0.138. The van der Waals surface area contributed by atoms with Crippen molar-refractivity contribution in [3.05, 3.63) is 70.4 Å². The van der Waals surface area contributed by atoms with Crippen LogP contribution in [0.15, 0.2) is 54.3 Å². The minimum absolute atomic E-state index is 0.0496. The summed E-state index contributed by atoms with van der Waals surface area (Å²) >= 11 is 5.84. The van der Waals surface area contributed by atoms with Crippen molar-refractivity contribution in [1.29, 1.82) is 0 Å². The molecule has 0 saturated heterocycles. The molecule has 24 heavy (non-hydrogen) atoms. The highest BCUT2D eigenvalue weighted by Gasteiger charge is 2.40. The summed E-state index contributed by atoms with van der Waals surface area (Å²) in [5, 5.41) is 10.7. The van der Waals surface area contributed by atoms with Crippen LogP contribution in [0.5, 0.6) is 5.75 Å². The first-order valence-corrected chi connectivity index (χ1v) is 7.58. The Balaban J connectivity index is 1.94. The monoisotopic (exact) mass is 343 g/mol. The molecule has 1 aliphatic heterocycles. The molecule has 0 saturated carbocycles. The molecule has 0 unspecified atom stereocenters. The minimum Gasteiger partial charge on any atom is -0.502 e. The molecule has 6 heteroatoms. The predicted molar refractivity (Wildman–Crippen MR) is 89.6 cm³/mol. The van der Waals surface area contributed by atoms with Gasteiger partial charge in [-0.3, -0.25) is 14.5 Å². The van der Waals surface area contributed by atoms with E-state index in [1.807, 2.05) is 0 Å². The molecule has 5 nitrogen and oxygen atoms in total. The number of methoxy groups -OCH3 is 1. The fourth-order valence-electron chi connectivity index (χ4n) is 2.57. The van der Waals surface area contributed by atoms with Crippen LogP contribution >= 0.6 is 11.6 Å². The number of para-hydroxylation sites is 1. The van der Waals surface area contributed by atoms with E-state index in [1.165, 1.54) is 7.11 Å². The molecule has 0 aliphatic carbocycles. The van der Waals surface area contributed by atoms with Gasteiger partial charge in [-0.05, 0) is 23.8 Å². The second kappa shape index (κ2) is 6.37. The first kappa shape index (κ1) is 16.1. The van der Waals surface area contributed by atoms with E-state index < -0.39 is 17.6 Å². The molecule has 0 spiro atoms.